The number of hydrogen-bond donors (Lipinski definition) is 1. The van der Waals surface area contributed by atoms with Crippen molar-refractivity contribution in [2.24, 2.45) is 0 Å². The molecular formula is C19H20N2O. The minimum atomic E-state index is -0.122. The van der Waals surface area contributed by atoms with E-state index in [2.05, 4.69) is 10.3 Å². The van der Waals surface area contributed by atoms with Crippen LogP contribution in [-0.4, -0.2) is 10.9 Å². The fourth-order valence-corrected chi connectivity index (χ4v) is 2.10. The number of aromatic nitrogens is 1. The normalized spacial score (nSPS) is 9.77. The Morgan fingerprint density at radius 2 is 1.64 bits per heavy atom. The van der Waals surface area contributed by atoms with Gasteiger partial charge >= 0.3 is 0 Å². The van der Waals surface area contributed by atoms with E-state index in [1.807, 2.05) is 75.4 Å². The Labute approximate surface area is 131 Å². The molecule has 1 aromatic heterocycles. The standard InChI is InChI=1S/C17H14N2O.C2H6/c1-12-7-9-14(10-8-12)17(20)19-15-6-2-4-13-5-3-11-18-16(13)15;1-2/h2-11H,1H3,(H,19,20);1-2H3. The molecule has 0 spiro atoms. The highest BCUT2D eigenvalue weighted by Crippen LogP contribution is 2.21. The zero-order valence-electron chi connectivity index (χ0n) is 13.1. The minimum Gasteiger partial charge on any atom is -0.320 e. The maximum absolute atomic E-state index is 12.2. The van der Waals surface area contributed by atoms with E-state index in [-0.39, 0.29) is 5.91 Å². The number of aryl methyl sites for hydroxylation is 1. The number of carbonyl (C=O) groups is 1. The van der Waals surface area contributed by atoms with Gasteiger partial charge < -0.3 is 5.32 Å². The van der Waals surface area contributed by atoms with E-state index in [1.54, 1.807) is 6.20 Å². The van der Waals surface area contributed by atoms with Crippen LogP contribution in [0, 0.1) is 6.92 Å². The van der Waals surface area contributed by atoms with Gasteiger partial charge in [-0.05, 0) is 31.2 Å². The van der Waals surface area contributed by atoms with E-state index in [4.69, 9.17) is 0 Å². The molecule has 1 N–H and O–H groups in total. The molecule has 0 aliphatic rings. The van der Waals surface area contributed by atoms with Gasteiger partial charge in [0.05, 0.1) is 11.2 Å². The van der Waals surface area contributed by atoms with Crippen molar-refractivity contribution in [1.82, 2.24) is 4.98 Å². The summed E-state index contributed by atoms with van der Waals surface area (Å²) in [7, 11) is 0. The fourth-order valence-electron chi connectivity index (χ4n) is 2.10. The van der Waals surface area contributed by atoms with Crippen LogP contribution in [-0.2, 0) is 0 Å². The number of anilines is 1. The van der Waals surface area contributed by atoms with Gasteiger partial charge in [0.15, 0.2) is 0 Å². The Hall–Kier alpha value is -2.68. The molecule has 0 aliphatic heterocycles. The molecule has 3 heteroatoms. The zero-order valence-corrected chi connectivity index (χ0v) is 13.1. The Bertz CT molecular complexity index is 758. The molecule has 0 atom stereocenters. The van der Waals surface area contributed by atoms with Gasteiger partial charge in [-0.1, -0.05) is 49.7 Å². The number of nitrogens with zero attached hydrogens (tertiary/aromatic N) is 1. The summed E-state index contributed by atoms with van der Waals surface area (Å²) in [4.78, 5) is 16.6. The number of benzene rings is 2. The summed E-state index contributed by atoms with van der Waals surface area (Å²) in [5.41, 5.74) is 3.31. The van der Waals surface area contributed by atoms with Crippen LogP contribution in [0.3, 0.4) is 0 Å². The molecule has 0 radical (unpaired) electrons. The topological polar surface area (TPSA) is 42.0 Å². The molecule has 112 valence electrons. The smallest absolute Gasteiger partial charge is 0.255 e. The van der Waals surface area contributed by atoms with Crippen molar-refractivity contribution in [1.29, 1.82) is 0 Å². The highest BCUT2D eigenvalue weighted by molar-refractivity contribution is 6.08. The molecule has 0 unspecified atom stereocenters. The highest BCUT2D eigenvalue weighted by Gasteiger charge is 2.08. The van der Waals surface area contributed by atoms with Crippen molar-refractivity contribution in [3.8, 4) is 0 Å². The molecule has 2 aromatic carbocycles. The van der Waals surface area contributed by atoms with E-state index >= 15 is 0 Å². The highest BCUT2D eigenvalue weighted by atomic mass is 16.1. The van der Waals surface area contributed by atoms with E-state index in [0.717, 1.165) is 22.2 Å². The molecule has 3 nitrogen and oxygen atoms in total. The fraction of sp³-hybridized carbons (Fsp3) is 0.158. The third-order valence-corrected chi connectivity index (χ3v) is 3.19. The molecule has 22 heavy (non-hydrogen) atoms. The monoisotopic (exact) mass is 292 g/mol. The maximum Gasteiger partial charge on any atom is 0.255 e. The molecule has 0 fully saturated rings. The Balaban J connectivity index is 0.000000847. The molecule has 3 aromatic rings. The van der Waals surface area contributed by atoms with Gasteiger partial charge in [0.25, 0.3) is 5.91 Å². The van der Waals surface area contributed by atoms with E-state index in [9.17, 15) is 4.79 Å². The van der Waals surface area contributed by atoms with Gasteiger partial charge in [0.1, 0.15) is 0 Å². The lowest BCUT2D eigenvalue weighted by Gasteiger charge is -2.08. The number of amides is 1. The van der Waals surface area contributed by atoms with Crippen molar-refractivity contribution in [2.45, 2.75) is 20.8 Å². The first kappa shape index (κ1) is 15.7. The number of pyridine rings is 1. The lowest BCUT2D eigenvalue weighted by Crippen LogP contribution is -2.12. The first-order valence-corrected chi connectivity index (χ1v) is 7.46. The van der Waals surface area contributed by atoms with Crippen LogP contribution >= 0.6 is 0 Å². The van der Waals surface area contributed by atoms with Gasteiger partial charge in [-0.3, -0.25) is 9.78 Å². The number of fused-ring (bicyclic) bond motifs is 1. The van der Waals surface area contributed by atoms with Crippen molar-refractivity contribution in [3.05, 3.63) is 71.9 Å². The van der Waals surface area contributed by atoms with E-state index in [0.29, 0.717) is 5.56 Å². The van der Waals surface area contributed by atoms with Gasteiger partial charge in [-0.2, -0.15) is 0 Å². The Kier molecular flexibility index (Phi) is 5.26. The second kappa shape index (κ2) is 7.36. The van der Waals surface area contributed by atoms with Gasteiger partial charge in [0, 0.05) is 17.1 Å². The summed E-state index contributed by atoms with van der Waals surface area (Å²) in [6, 6.07) is 17.1. The van der Waals surface area contributed by atoms with Crippen LogP contribution in [0.4, 0.5) is 5.69 Å². The lowest BCUT2D eigenvalue weighted by molar-refractivity contribution is 0.102. The predicted octanol–water partition coefficient (Wildman–Crippen LogP) is 4.82. The molecule has 3 rings (SSSR count). The third kappa shape index (κ3) is 3.50. The summed E-state index contributed by atoms with van der Waals surface area (Å²) in [6.45, 7) is 6.00. The molecule has 1 amide bonds. The average molecular weight is 292 g/mol. The SMILES string of the molecule is CC.Cc1ccc(C(=O)Nc2cccc3cccnc23)cc1. The largest absolute Gasteiger partial charge is 0.320 e. The van der Waals surface area contributed by atoms with Crippen LogP contribution in [0.5, 0.6) is 0 Å². The van der Waals surface area contributed by atoms with Gasteiger partial charge in [-0.25, -0.2) is 0 Å². The quantitative estimate of drug-likeness (QED) is 0.735. The van der Waals surface area contributed by atoms with Crippen LogP contribution in [0.15, 0.2) is 60.8 Å². The number of hydrogen-bond acceptors (Lipinski definition) is 2. The Morgan fingerprint density at radius 3 is 2.36 bits per heavy atom. The van der Waals surface area contributed by atoms with Crippen molar-refractivity contribution in [3.63, 3.8) is 0 Å². The summed E-state index contributed by atoms with van der Waals surface area (Å²) in [5, 5.41) is 3.93. The van der Waals surface area contributed by atoms with Crippen LogP contribution in [0.1, 0.15) is 29.8 Å². The number of para-hydroxylation sites is 1. The summed E-state index contributed by atoms with van der Waals surface area (Å²) in [5.74, 6) is -0.122. The van der Waals surface area contributed by atoms with E-state index in [1.165, 1.54) is 0 Å². The molecule has 0 saturated heterocycles. The first-order chi connectivity index (χ1) is 10.7. The molecule has 1 heterocycles. The lowest BCUT2D eigenvalue weighted by atomic mass is 10.1. The van der Waals surface area contributed by atoms with Crippen LogP contribution < -0.4 is 5.32 Å². The van der Waals surface area contributed by atoms with Crippen molar-refractivity contribution < 1.29 is 4.79 Å². The van der Waals surface area contributed by atoms with Gasteiger partial charge in [-0.15, -0.1) is 0 Å². The summed E-state index contributed by atoms with van der Waals surface area (Å²) in [6.07, 6.45) is 1.73. The van der Waals surface area contributed by atoms with Crippen LogP contribution in [0.25, 0.3) is 10.9 Å². The number of rotatable bonds is 2. The molecular weight excluding hydrogens is 272 g/mol. The van der Waals surface area contributed by atoms with Crippen molar-refractivity contribution >= 4 is 22.5 Å². The molecule has 0 aliphatic carbocycles. The number of carbonyl (C=O) groups excluding carboxylic acids is 1. The summed E-state index contributed by atoms with van der Waals surface area (Å²) < 4.78 is 0. The second-order valence-corrected chi connectivity index (χ2v) is 4.70. The van der Waals surface area contributed by atoms with Gasteiger partial charge in [0.2, 0.25) is 0 Å². The second-order valence-electron chi connectivity index (χ2n) is 4.70. The summed E-state index contributed by atoms with van der Waals surface area (Å²) >= 11 is 0. The zero-order chi connectivity index (χ0) is 15.9. The van der Waals surface area contributed by atoms with Crippen LogP contribution in [0.2, 0.25) is 0 Å². The molecule has 0 saturated carbocycles. The Morgan fingerprint density at radius 1 is 0.955 bits per heavy atom. The minimum absolute atomic E-state index is 0.122. The number of nitrogens with one attached hydrogen (secondary N) is 1. The average Bonchev–Trinajstić information content (AvgIpc) is 2.57. The predicted molar refractivity (Wildman–Crippen MR) is 92.2 cm³/mol. The third-order valence-electron chi connectivity index (χ3n) is 3.19. The first-order valence-electron chi connectivity index (χ1n) is 7.46. The molecule has 0 bridgehead atoms. The van der Waals surface area contributed by atoms with E-state index < -0.39 is 0 Å². The van der Waals surface area contributed by atoms with Crippen molar-refractivity contribution in [2.75, 3.05) is 5.32 Å². The maximum atomic E-state index is 12.2.